The fraction of sp³-hybridized carbons (Fsp3) is 0.333. The van der Waals surface area contributed by atoms with Crippen LogP contribution < -0.4 is 5.32 Å². The summed E-state index contributed by atoms with van der Waals surface area (Å²) < 4.78 is 19.0. The molecule has 3 aromatic rings. The summed E-state index contributed by atoms with van der Waals surface area (Å²) in [5, 5.41) is 3.66. The topological polar surface area (TPSA) is 67.0 Å². The third kappa shape index (κ3) is 5.54. The summed E-state index contributed by atoms with van der Waals surface area (Å²) in [4.78, 5) is 20.5. The fourth-order valence-corrected chi connectivity index (χ4v) is 4.37. The molecule has 5 nitrogen and oxygen atoms in total. The highest BCUT2D eigenvalue weighted by Crippen LogP contribution is 2.32. The number of nitrogens with one attached hydrogen (secondary N) is 2. The zero-order valence-electron chi connectivity index (χ0n) is 17.5. The smallest absolute Gasteiger partial charge is 0.230 e. The Balaban J connectivity index is 1.51. The Morgan fingerprint density at radius 3 is 2.61 bits per heavy atom. The van der Waals surface area contributed by atoms with E-state index in [1.807, 2.05) is 12.1 Å². The summed E-state index contributed by atoms with van der Waals surface area (Å²) in [6.07, 6.45) is 3.13. The third-order valence-electron chi connectivity index (χ3n) is 5.33. The number of carbonyl (C=O) groups excluding carboxylic acids is 1. The molecule has 4 rings (SSSR count). The van der Waals surface area contributed by atoms with Gasteiger partial charge in [-0.3, -0.25) is 4.79 Å². The number of halogens is 1. The van der Waals surface area contributed by atoms with Crippen molar-refractivity contribution < 1.29 is 13.9 Å². The van der Waals surface area contributed by atoms with Crippen LogP contribution in [0.4, 0.5) is 4.39 Å². The third-order valence-corrected chi connectivity index (χ3v) is 6.31. The van der Waals surface area contributed by atoms with Gasteiger partial charge in [-0.15, -0.1) is 0 Å². The molecular formula is C24H26FN3O2S. The Labute approximate surface area is 185 Å². The number of carbonyl (C=O) groups is 1. The van der Waals surface area contributed by atoms with Crippen molar-refractivity contribution in [2.24, 2.45) is 0 Å². The van der Waals surface area contributed by atoms with Crippen molar-refractivity contribution in [3.05, 3.63) is 59.9 Å². The molecular weight excluding hydrogens is 413 g/mol. The zero-order valence-corrected chi connectivity index (χ0v) is 18.3. The molecule has 2 heterocycles. The first kappa shape index (κ1) is 21.6. The Morgan fingerprint density at radius 1 is 1.19 bits per heavy atom. The summed E-state index contributed by atoms with van der Waals surface area (Å²) in [5.74, 6) is 0.632. The Hall–Kier alpha value is -2.64. The van der Waals surface area contributed by atoms with Gasteiger partial charge in [-0.2, -0.15) is 0 Å². The number of H-pyrrole nitrogens is 1. The number of hydrogen-bond donors (Lipinski definition) is 2. The lowest BCUT2D eigenvalue weighted by Gasteiger charge is -2.10. The SMILES string of the molecule is CCc1ccc(-c2nc(SCC(=O)NC[C@@H]3CCCO3)c(-c3ccc(F)cc3)[nH]2)cc1. The van der Waals surface area contributed by atoms with Crippen molar-refractivity contribution in [1.82, 2.24) is 15.3 Å². The Kier molecular flexibility index (Phi) is 7.04. The van der Waals surface area contributed by atoms with Crippen molar-refractivity contribution in [2.45, 2.75) is 37.3 Å². The Morgan fingerprint density at radius 2 is 1.94 bits per heavy atom. The van der Waals surface area contributed by atoms with Crippen LogP contribution in [0.3, 0.4) is 0 Å². The summed E-state index contributed by atoms with van der Waals surface area (Å²) >= 11 is 1.37. The molecule has 0 saturated carbocycles. The molecule has 1 aliphatic heterocycles. The molecule has 31 heavy (non-hydrogen) atoms. The lowest BCUT2D eigenvalue weighted by molar-refractivity contribution is -0.119. The fourth-order valence-electron chi connectivity index (χ4n) is 3.53. The number of amides is 1. The van der Waals surface area contributed by atoms with Crippen LogP contribution in [-0.2, 0) is 16.0 Å². The van der Waals surface area contributed by atoms with Crippen molar-refractivity contribution in [3.8, 4) is 22.6 Å². The number of thioether (sulfide) groups is 1. The molecule has 1 saturated heterocycles. The van der Waals surface area contributed by atoms with Crippen LogP contribution >= 0.6 is 11.8 Å². The van der Waals surface area contributed by atoms with Crippen LogP contribution in [0.25, 0.3) is 22.6 Å². The van der Waals surface area contributed by atoms with Crippen LogP contribution in [0.2, 0.25) is 0 Å². The summed E-state index contributed by atoms with van der Waals surface area (Å²) in [6, 6.07) is 14.5. The highest BCUT2D eigenvalue weighted by Gasteiger charge is 2.18. The maximum Gasteiger partial charge on any atom is 0.230 e. The number of nitrogens with zero attached hydrogens (tertiary/aromatic N) is 1. The first-order chi connectivity index (χ1) is 15.1. The van der Waals surface area contributed by atoms with E-state index in [0.29, 0.717) is 11.6 Å². The molecule has 0 radical (unpaired) electrons. The number of benzene rings is 2. The van der Waals surface area contributed by atoms with E-state index in [4.69, 9.17) is 9.72 Å². The Bertz CT molecular complexity index is 1010. The van der Waals surface area contributed by atoms with Gasteiger partial charge < -0.3 is 15.0 Å². The van der Waals surface area contributed by atoms with E-state index in [-0.39, 0.29) is 23.6 Å². The molecule has 2 N–H and O–H groups in total. The molecule has 0 bridgehead atoms. The van der Waals surface area contributed by atoms with Crippen molar-refractivity contribution >= 4 is 17.7 Å². The predicted octanol–water partition coefficient (Wildman–Crippen LogP) is 4.83. The summed E-state index contributed by atoms with van der Waals surface area (Å²) in [7, 11) is 0. The van der Waals surface area contributed by atoms with E-state index in [0.717, 1.165) is 48.5 Å². The molecule has 1 fully saturated rings. The second-order valence-corrected chi connectivity index (χ2v) is 8.51. The minimum absolute atomic E-state index is 0.0533. The second-order valence-electron chi connectivity index (χ2n) is 7.55. The maximum atomic E-state index is 13.4. The number of aromatic nitrogens is 2. The highest BCUT2D eigenvalue weighted by atomic mass is 32.2. The van der Waals surface area contributed by atoms with Gasteiger partial charge in [0.05, 0.1) is 17.6 Å². The minimum atomic E-state index is -0.290. The standard InChI is InChI=1S/C24H26FN3O2S/c1-2-16-5-7-18(8-6-16)23-27-22(17-9-11-19(25)12-10-17)24(28-23)31-15-21(29)26-14-20-4-3-13-30-20/h5-12,20H,2-4,13-15H2,1H3,(H,26,29)(H,27,28)/t20-/m0/s1. The molecule has 0 aliphatic carbocycles. The van der Waals surface area contributed by atoms with Crippen molar-refractivity contribution in [3.63, 3.8) is 0 Å². The van der Waals surface area contributed by atoms with Gasteiger partial charge in [0.1, 0.15) is 16.7 Å². The average Bonchev–Trinajstić information content (AvgIpc) is 3.47. The van der Waals surface area contributed by atoms with Gasteiger partial charge in [-0.05, 0) is 49.1 Å². The number of aromatic amines is 1. The molecule has 1 amide bonds. The van der Waals surface area contributed by atoms with Gasteiger partial charge in [-0.25, -0.2) is 9.37 Å². The molecule has 1 atom stereocenters. The van der Waals surface area contributed by atoms with E-state index >= 15 is 0 Å². The van der Waals surface area contributed by atoms with E-state index < -0.39 is 0 Å². The van der Waals surface area contributed by atoms with Gasteiger partial charge in [0, 0.05) is 24.3 Å². The van der Waals surface area contributed by atoms with Crippen LogP contribution in [0.5, 0.6) is 0 Å². The molecule has 1 aromatic heterocycles. The lowest BCUT2D eigenvalue weighted by Crippen LogP contribution is -2.32. The van der Waals surface area contributed by atoms with E-state index in [2.05, 4.69) is 29.4 Å². The van der Waals surface area contributed by atoms with Gasteiger partial charge in [0.15, 0.2) is 0 Å². The van der Waals surface area contributed by atoms with Crippen molar-refractivity contribution in [1.29, 1.82) is 0 Å². The quantitative estimate of drug-likeness (QED) is 0.493. The summed E-state index contributed by atoms with van der Waals surface area (Å²) in [6.45, 7) is 3.43. The number of hydrogen-bond acceptors (Lipinski definition) is 4. The molecule has 1 aliphatic rings. The number of ether oxygens (including phenoxy) is 1. The predicted molar refractivity (Wildman–Crippen MR) is 122 cm³/mol. The first-order valence-corrected chi connectivity index (χ1v) is 11.6. The van der Waals surface area contributed by atoms with Gasteiger partial charge in [-0.1, -0.05) is 43.0 Å². The number of imidazole rings is 1. The largest absolute Gasteiger partial charge is 0.376 e. The zero-order chi connectivity index (χ0) is 21.6. The maximum absolute atomic E-state index is 13.4. The minimum Gasteiger partial charge on any atom is -0.376 e. The van der Waals surface area contributed by atoms with E-state index in [9.17, 15) is 9.18 Å². The number of aryl methyl sites for hydroxylation is 1. The van der Waals surface area contributed by atoms with E-state index in [1.165, 1.54) is 29.5 Å². The van der Waals surface area contributed by atoms with Gasteiger partial charge in [0.2, 0.25) is 5.91 Å². The van der Waals surface area contributed by atoms with Crippen LogP contribution in [0, 0.1) is 5.82 Å². The molecule has 162 valence electrons. The van der Waals surface area contributed by atoms with E-state index in [1.54, 1.807) is 12.1 Å². The normalized spacial score (nSPS) is 15.9. The van der Waals surface area contributed by atoms with Crippen molar-refractivity contribution in [2.75, 3.05) is 18.9 Å². The summed E-state index contributed by atoms with van der Waals surface area (Å²) in [5.41, 5.74) is 3.83. The first-order valence-electron chi connectivity index (χ1n) is 10.6. The molecule has 0 spiro atoms. The second kappa shape index (κ2) is 10.1. The molecule has 7 heteroatoms. The molecule has 0 unspecified atom stereocenters. The van der Waals surface area contributed by atoms with Crippen LogP contribution in [0.1, 0.15) is 25.3 Å². The number of rotatable bonds is 8. The monoisotopic (exact) mass is 439 g/mol. The average molecular weight is 440 g/mol. The highest BCUT2D eigenvalue weighted by molar-refractivity contribution is 8.00. The van der Waals surface area contributed by atoms with Gasteiger partial charge >= 0.3 is 0 Å². The van der Waals surface area contributed by atoms with Crippen LogP contribution in [0.15, 0.2) is 53.6 Å². The van der Waals surface area contributed by atoms with Gasteiger partial charge in [0.25, 0.3) is 0 Å². The molecule has 2 aromatic carbocycles. The lowest BCUT2D eigenvalue weighted by atomic mass is 10.1. The van der Waals surface area contributed by atoms with Crippen LogP contribution in [-0.4, -0.2) is 40.9 Å².